The van der Waals surface area contributed by atoms with E-state index in [4.69, 9.17) is 4.74 Å². The number of ether oxygens (including phenoxy) is 1. The van der Waals surface area contributed by atoms with Crippen LogP contribution in [0.15, 0.2) is 72.0 Å². The van der Waals surface area contributed by atoms with E-state index in [1.54, 1.807) is 7.11 Å². The van der Waals surface area contributed by atoms with Crippen molar-refractivity contribution in [3.8, 4) is 5.75 Å². The molecule has 6 rings (SSSR count). The van der Waals surface area contributed by atoms with Gasteiger partial charge in [-0.05, 0) is 79.3 Å². The Balaban J connectivity index is 0.000000234. The molecule has 0 spiro atoms. The van der Waals surface area contributed by atoms with Crippen molar-refractivity contribution in [3.05, 3.63) is 89.0 Å². The van der Waals surface area contributed by atoms with Gasteiger partial charge in [-0.2, -0.15) is 26.3 Å². The highest BCUT2D eigenvalue weighted by Crippen LogP contribution is 2.43. The maximum absolute atomic E-state index is 12.0. The first kappa shape index (κ1) is 30.8. The van der Waals surface area contributed by atoms with Gasteiger partial charge in [0.15, 0.2) is 0 Å². The van der Waals surface area contributed by atoms with Crippen LogP contribution in [0.3, 0.4) is 0 Å². The van der Waals surface area contributed by atoms with Crippen LogP contribution in [-0.2, 0) is 12.4 Å². The minimum Gasteiger partial charge on any atom is -0.497 e. The third-order valence-electron chi connectivity index (χ3n) is 7.59. The lowest BCUT2D eigenvalue weighted by molar-refractivity contribution is -0.143. The first-order valence-corrected chi connectivity index (χ1v) is 13.5. The molecule has 3 aromatic rings. The third kappa shape index (κ3) is 7.19. The van der Waals surface area contributed by atoms with Crippen molar-refractivity contribution in [1.82, 2.24) is 14.6 Å². The van der Waals surface area contributed by atoms with Crippen molar-refractivity contribution in [2.75, 3.05) is 20.2 Å². The molecule has 1 aromatic heterocycles. The molecule has 0 aliphatic carbocycles. The van der Waals surface area contributed by atoms with Gasteiger partial charge in [-0.3, -0.25) is 9.88 Å². The van der Waals surface area contributed by atoms with Crippen molar-refractivity contribution in [1.29, 1.82) is 0 Å². The van der Waals surface area contributed by atoms with Gasteiger partial charge in [0.1, 0.15) is 17.9 Å². The standard InChI is InChI=1S/C20H24N4O2S.C8H4F6/c1-3-13-12-24-9-7-14(13)10-19(24)20(22-27-23-25)16-6-8-21-18-5-4-15(26-2)11-17(16)18;9-7(10,11)5-2-1-3-6(4-5)8(12,13)14/h3-6,8,11,13-14,19-20,22H,1,7,9-10,12H2,2H3;1-4H. The summed E-state index contributed by atoms with van der Waals surface area (Å²) in [5.41, 5.74) is -0.550. The summed E-state index contributed by atoms with van der Waals surface area (Å²) >= 11 is 0.878. The fourth-order valence-electron chi connectivity index (χ4n) is 5.57. The Bertz CT molecular complexity index is 1340. The molecule has 220 valence electrons. The molecule has 0 radical (unpaired) electrons. The van der Waals surface area contributed by atoms with E-state index in [1.807, 2.05) is 30.5 Å². The van der Waals surface area contributed by atoms with E-state index < -0.39 is 23.5 Å². The average Bonchev–Trinajstić information content (AvgIpc) is 2.97. The number of hydrogen-bond acceptors (Lipinski definition) is 7. The number of benzene rings is 2. The van der Waals surface area contributed by atoms with Crippen LogP contribution < -0.4 is 9.46 Å². The molecule has 6 nitrogen and oxygen atoms in total. The molecule has 5 atom stereocenters. The van der Waals surface area contributed by atoms with E-state index >= 15 is 0 Å². The van der Waals surface area contributed by atoms with Gasteiger partial charge < -0.3 is 4.74 Å². The second-order valence-corrected chi connectivity index (χ2v) is 10.4. The second-order valence-electron chi connectivity index (χ2n) is 9.87. The van der Waals surface area contributed by atoms with Crippen LogP contribution in [0.4, 0.5) is 26.3 Å². The summed E-state index contributed by atoms with van der Waals surface area (Å²) in [7, 11) is 1.67. The van der Waals surface area contributed by atoms with Crippen LogP contribution >= 0.6 is 12.1 Å². The zero-order valence-corrected chi connectivity index (χ0v) is 22.8. The highest BCUT2D eigenvalue weighted by molar-refractivity contribution is 7.96. The van der Waals surface area contributed by atoms with Crippen molar-refractivity contribution >= 4 is 23.0 Å². The first-order valence-electron chi connectivity index (χ1n) is 12.7. The molecule has 3 fully saturated rings. The number of methoxy groups -OCH3 is 1. The Labute approximate surface area is 237 Å². The minimum atomic E-state index is -4.75. The molecule has 5 unspecified atom stereocenters. The zero-order valence-electron chi connectivity index (χ0n) is 22.0. The first-order chi connectivity index (χ1) is 19.5. The Morgan fingerprint density at radius 3 is 2.39 bits per heavy atom. The summed E-state index contributed by atoms with van der Waals surface area (Å²) in [5.74, 6) is 2.01. The Kier molecular flexibility index (Phi) is 9.60. The largest absolute Gasteiger partial charge is 0.497 e. The molecule has 3 aliphatic heterocycles. The van der Waals surface area contributed by atoms with Gasteiger partial charge in [-0.15, -0.1) is 11.5 Å². The zero-order chi connectivity index (χ0) is 29.8. The molecule has 0 amide bonds. The number of aromatic nitrogens is 1. The molecule has 4 heterocycles. The molecule has 0 saturated carbocycles. The average molecular weight is 599 g/mol. The summed E-state index contributed by atoms with van der Waals surface area (Å²) in [6.45, 7) is 6.13. The van der Waals surface area contributed by atoms with E-state index in [2.05, 4.69) is 31.8 Å². The Hall–Kier alpha value is -3.16. The second kappa shape index (κ2) is 12.8. The molecule has 2 aromatic carbocycles. The molecular weight excluding hydrogens is 570 g/mol. The van der Waals surface area contributed by atoms with Crippen LogP contribution in [0.5, 0.6) is 5.75 Å². The van der Waals surface area contributed by atoms with Gasteiger partial charge in [0.2, 0.25) is 0 Å². The quantitative estimate of drug-likeness (QED) is 0.129. The lowest BCUT2D eigenvalue weighted by Gasteiger charge is -2.51. The third-order valence-corrected chi connectivity index (χ3v) is 8.02. The SMILES string of the molecule is C=CC1CN2CCC1CC2C(NSN=O)c1ccnc2ccc(OC)cc12.FC(F)(F)c1cccc(C(F)(F)F)c1. The summed E-state index contributed by atoms with van der Waals surface area (Å²) < 4.78 is 83.6. The fraction of sp³-hybridized carbons (Fsp3) is 0.393. The lowest BCUT2D eigenvalue weighted by atomic mass is 9.73. The fourth-order valence-corrected chi connectivity index (χ4v) is 6.01. The Morgan fingerprint density at radius 1 is 1.12 bits per heavy atom. The summed E-state index contributed by atoms with van der Waals surface area (Å²) in [5, 5.41) is 1.05. The molecular formula is C28H28F6N4O2S. The van der Waals surface area contributed by atoms with Gasteiger partial charge >= 0.3 is 12.4 Å². The molecule has 13 heteroatoms. The highest BCUT2D eigenvalue weighted by Gasteiger charge is 2.43. The normalized spacial score (nSPS) is 22.9. The van der Waals surface area contributed by atoms with Gasteiger partial charge in [0.25, 0.3) is 0 Å². The van der Waals surface area contributed by atoms with Crippen LogP contribution in [0.1, 0.15) is 35.6 Å². The number of hydrogen-bond donors (Lipinski definition) is 1. The monoisotopic (exact) mass is 598 g/mol. The molecule has 3 aliphatic rings. The van der Waals surface area contributed by atoms with Crippen LogP contribution in [-0.4, -0.2) is 36.1 Å². The number of fused-ring (bicyclic) bond motifs is 4. The minimum absolute atomic E-state index is 0.0149. The Morgan fingerprint density at radius 2 is 1.83 bits per heavy atom. The number of pyridine rings is 1. The lowest BCUT2D eigenvalue weighted by Crippen LogP contribution is -2.56. The predicted molar refractivity (Wildman–Crippen MR) is 146 cm³/mol. The maximum atomic E-state index is 12.0. The van der Waals surface area contributed by atoms with E-state index in [1.165, 1.54) is 6.42 Å². The smallest absolute Gasteiger partial charge is 0.416 e. The highest BCUT2D eigenvalue weighted by atomic mass is 32.2. The number of piperidine rings is 3. The molecule has 3 saturated heterocycles. The van der Waals surface area contributed by atoms with Gasteiger partial charge in [-0.1, -0.05) is 12.1 Å². The van der Waals surface area contributed by atoms with Crippen LogP contribution in [0.2, 0.25) is 0 Å². The van der Waals surface area contributed by atoms with Crippen molar-refractivity contribution in [3.63, 3.8) is 0 Å². The summed E-state index contributed by atoms with van der Waals surface area (Å²) in [4.78, 5) is 17.9. The van der Waals surface area contributed by atoms with Crippen molar-refractivity contribution in [2.45, 2.75) is 37.3 Å². The van der Waals surface area contributed by atoms with E-state index in [0.717, 1.165) is 59.9 Å². The van der Waals surface area contributed by atoms with Gasteiger partial charge in [0, 0.05) is 28.8 Å². The van der Waals surface area contributed by atoms with Gasteiger partial charge in [0.05, 0.1) is 29.8 Å². The van der Waals surface area contributed by atoms with E-state index in [0.29, 0.717) is 30.0 Å². The number of alkyl halides is 6. The van der Waals surface area contributed by atoms with Crippen molar-refractivity contribution < 1.29 is 31.1 Å². The van der Waals surface area contributed by atoms with Crippen LogP contribution in [0, 0.1) is 16.7 Å². The van der Waals surface area contributed by atoms with E-state index in [-0.39, 0.29) is 12.1 Å². The summed E-state index contributed by atoms with van der Waals surface area (Å²) in [6, 6.07) is 10.2. The van der Waals surface area contributed by atoms with Crippen LogP contribution in [0.25, 0.3) is 10.9 Å². The molecule has 41 heavy (non-hydrogen) atoms. The van der Waals surface area contributed by atoms with Crippen molar-refractivity contribution in [2.24, 2.45) is 16.4 Å². The molecule has 1 N–H and O–H groups in total. The predicted octanol–water partition coefficient (Wildman–Crippen LogP) is 7.82. The van der Waals surface area contributed by atoms with Gasteiger partial charge in [-0.25, -0.2) is 4.72 Å². The summed E-state index contributed by atoms with van der Waals surface area (Å²) in [6.07, 6.45) is -3.27. The molecule has 2 bridgehead atoms. The number of halogens is 6. The number of rotatable bonds is 7. The topological polar surface area (TPSA) is 66.8 Å². The number of nitrogens with one attached hydrogen (secondary N) is 1. The number of nitroso groups, excluding NO2 is 1. The maximum Gasteiger partial charge on any atom is 0.416 e. The van der Waals surface area contributed by atoms with E-state index in [9.17, 15) is 31.2 Å². The number of nitrogens with zero attached hydrogens (tertiary/aromatic N) is 3.